The van der Waals surface area contributed by atoms with Gasteiger partial charge in [0.1, 0.15) is 47.8 Å². The number of phenolic OH excluding ortho intramolecular Hbond substituents is 1. The summed E-state index contributed by atoms with van der Waals surface area (Å²) in [6.45, 7) is 4.29. The molecule has 22 heteroatoms. The van der Waals surface area contributed by atoms with Gasteiger partial charge in [-0.3, -0.25) is 38.4 Å². The number of phenols is 1. The minimum Gasteiger partial charge on any atom is -0.507 e. The zero-order chi connectivity index (χ0) is 58.5. The minimum absolute atomic E-state index is 0.0176. The first kappa shape index (κ1) is 60.9. The summed E-state index contributed by atoms with van der Waals surface area (Å²) >= 11 is 0. The minimum atomic E-state index is -1.72. The largest absolute Gasteiger partial charge is 0.507 e. The highest BCUT2D eigenvalue weighted by Gasteiger charge is 2.46. The molecule has 0 radical (unpaired) electrons. The second kappa shape index (κ2) is 28.1. The summed E-state index contributed by atoms with van der Waals surface area (Å²) in [6, 6.07) is 17.1. The van der Waals surface area contributed by atoms with Crippen LogP contribution in [0.2, 0.25) is 0 Å². The molecule has 0 aliphatic carbocycles. The molecule has 3 saturated heterocycles. The number of aryl methyl sites for hydroxylation is 1. The van der Waals surface area contributed by atoms with Crippen LogP contribution in [0.15, 0.2) is 91.0 Å². The molecule has 3 heterocycles. The number of Topliss-reactive ketones (excluding diaryl/α,β-unsaturated/α-hetero) is 1. The van der Waals surface area contributed by atoms with Crippen molar-refractivity contribution in [2.45, 2.75) is 139 Å². The Morgan fingerprint density at radius 2 is 1.30 bits per heavy atom. The number of carbonyl (C=O) groups excluding carboxylic acids is 8. The predicted octanol–water partition coefficient (Wildman–Crippen LogP) is 1.18. The molecule has 3 aliphatic heterocycles. The summed E-state index contributed by atoms with van der Waals surface area (Å²) in [7, 11) is 0. The number of benzene rings is 4. The Bertz CT molecular complexity index is 2880. The zero-order valence-electron chi connectivity index (χ0n) is 45.8. The molecule has 434 valence electrons. The summed E-state index contributed by atoms with van der Waals surface area (Å²) in [6.07, 6.45) is -1.74. The van der Waals surface area contributed by atoms with Gasteiger partial charge in [-0.25, -0.2) is 0 Å². The molecular formula is C59H75N9O13. The van der Waals surface area contributed by atoms with Crippen molar-refractivity contribution in [2.75, 3.05) is 32.8 Å². The van der Waals surface area contributed by atoms with E-state index in [-0.39, 0.29) is 68.5 Å². The number of aromatic hydroxyl groups is 1. The number of hydrogen-bond acceptors (Lipinski definition) is 15. The SMILES string of the molecule is CCCCCOc1ccc(-c2ccc(-c3ccc(C(=O)N[C@H]4CCCNC(=O)[C@@H]5C[C@H](N)CN5C(=O)[C@H]([C@@H](C)O)NC(=O)[C@H](CCc5ccc(O)c(C(=O)CN)c5)NC(=O)[C@@H]5C[C@@H](O)CN5C(=O)[C@H]([C@@H](C)O)NC4=O)cc3)cc2)cc1. The molecule has 0 saturated carbocycles. The van der Waals surface area contributed by atoms with Crippen molar-refractivity contribution in [3.63, 3.8) is 0 Å². The highest BCUT2D eigenvalue weighted by atomic mass is 16.5. The van der Waals surface area contributed by atoms with E-state index in [9.17, 15) is 58.8 Å². The summed E-state index contributed by atoms with van der Waals surface area (Å²) in [4.78, 5) is 114. The average molecular weight is 1120 g/mol. The maximum Gasteiger partial charge on any atom is 0.251 e. The number of rotatable bonds is 16. The lowest BCUT2D eigenvalue weighted by Crippen LogP contribution is -2.61. The molecule has 7 amide bonds. The van der Waals surface area contributed by atoms with Gasteiger partial charge in [-0.1, -0.05) is 74.4 Å². The number of aliphatic hydroxyl groups excluding tert-OH is 3. The normalized spacial score (nSPS) is 24.1. The molecule has 0 aromatic heterocycles. The second-order valence-corrected chi connectivity index (χ2v) is 21.1. The Hall–Kier alpha value is -7.76. The molecular weight excluding hydrogens is 1040 g/mol. The fourth-order valence-corrected chi connectivity index (χ4v) is 10.3. The number of hydrogen-bond donors (Lipinski definition) is 11. The van der Waals surface area contributed by atoms with Crippen molar-refractivity contribution in [2.24, 2.45) is 11.5 Å². The quantitative estimate of drug-likeness (QED) is 0.0555. The maximum absolute atomic E-state index is 14.5. The lowest BCUT2D eigenvalue weighted by Gasteiger charge is -2.32. The summed E-state index contributed by atoms with van der Waals surface area (Å²) < 4.78 is 5.86. The average Bonchev–Trinajstić information content (AvgIpc) is 4.29. The number of fused-ring (bicyclic) bond motifs is 2. The molecule has 0 unspecified atom stereocenters. The van der Waals surface area contributed by atoms with Crippen molar-refractivity contribution in [1.82, 2.24) is 36.4 Å². The highest BCUT2D eigenvalue weighted by molar-refractivity contribution is 6.01. The Balaban J connectivity index is 1.12. The molecule has 0 spiro atoms. The van der Waals surface area contributed by atoms with Crippen LogP contribution in [0.5, 0.6) is 11.5 Å². The van der Waals surface area contributed by atoms with E-state index in [0.717, 1.165) is 57.1 Å². The van der Waals surface area contributed by atoms with Crippen LogP contribution in [0.4, 0.5) is 0 Å². The lowest BCUT2D eigenvalue weighted by atomic mass is 9.99. The van der Waals surface area contributed by atoms with E-state index in [1.165, 1.54) is 32.0 Å². The number of ketones is 1. The van der Waals surface area contributed by atoms with E-state index in [4.69, 9.17) is 16.2 Å². The number of aliphatic hydroxyl groups is 3. The molecule has 3 fully saturated rings. The monoisotopic (exact) mass is 1120 g/mol. The van der Waals surface area contributed by atoms with Crippen LogP contribution in [0.3, 0.4) is 0 Å². The number of unbranched alkanes of at least 4 members (excludes halogenated alkanes) is 2. The van der Waals surface area contributed by atoms with E-state index in [2.05, 4.69) is 33.5 Å². The first-order chi connectivity index (χ1) is 38.8. The van der Waals surface area contributed by atoms with Gasteiger partial charge in [-0.2, -0.15) is 0 Å². The predicted molar refractivity (Wildman–Crippen MR) is 299 cm³/mol. The van der Waals surface area contributed by atoms with E-state index >= 15 is 0 Å². The van der Waals surface area contributed by atoms with Crippen LogP contribution in [0, 0.1) is 0 Å². The number of nitrogens with zero attached hydrogens (tertiary/aromatic N) is 2. The van der Waals surface area contributed by atoms with E-state index in [1.54, 1.807) is 24.3 Å². The van der Waals surface area contributed by atoms with Crippen molar-refractivity contribution in [1.29, 1.82) is 0 Å². The number of nitrogens with two attached hydrogens (primary N) is 2. The Morgan fingerprint density at radius 3 is 1.89 bits per heavy atom. The molecule has 22 nitrogen and oxygen atoms in total. The summed E-state index contributed by atoms with van der Waals surface area (Å²) in [5, 5.41) is 56.6. The fourth-order valence-electron chi connectivity index (χ4n) is 10.3. The molecule has 4 aromatic carbocycles. The van der Waals surface area contributed by atoms with Crippen LogP contribution in [0.1, 0.15) is 98.4 Å². The third-order valence-electron chi connectivity index (χ3n) is 14.9. The summed E-state index contributed by atoms with van der Waals surface area (Å²) in [5.74, 6) is -5.97. The van der Waals surface area contributed by atoms with Crippen molar-refractivity contribution >= 4 is 47.1 Å². The van der Waals surface area contributed by atoms with Gasteiger partial charge in [-0.15, -0.1) is 0 Å². The van der Waals surface area contributed by atoms with Gasteiger partial charge in [0.25, 0.3) is 5.91 Å². The van der Waals surface area contributed by atoms with Gasteiger partial charge in [0, 0.05) is 37.7 Å². The van der Waals surface area contributed by atoms with Crippen molar-refractivity contribution < 1.29 is 63.5 Å². The van der Waals surface area contributed by atoms with Crippen LogP contribution in [-0.2, 0) is 35.2 Å². The molecule has 10 atom stereocenters. The van der Waals surface area contributed by atoms with E-state index < -0.39 is 121 Å². The lowest BCUT2D eigenvalue weighted by molar-refractivity contribution is -0.145. The van der Waals surface area contributed by atoms with E-state index in [1.807, 2.05) is 48.5 Å². The number of carbonyl (C=O) groups is 8. The Labute approximate surface area is 470 Å². The number of nitrogens with one attached hydrogen (secondary N) is 5. The van der Waals surface area contributed by atoms with Crippen LogP contribution >= 0.6 is 0 Å². The van der Waals surface area contributed by atoms with Crippen LogP contribution in [-0.4, -0.2) is 171 Å². The van der Waals surface area contributed by atoms with Crippen LogP contribution < -0.4 is 42.8 Å². The second-order valence-electron chi connectivity index (χ2n) is 21.1. The van der Waals surface area contributed by atoms with Gasteiger partial charge < -0.3 is 73.0 Å². The molecule has 13 N–H and O–H groups in total. The van der Waals surface area contributed by atoms with Gasteiger partial charge in [-0.05, 0) is 117 Å². The van der Waals surface area contributed by atoms with E-state index in [0.29, 0.717) is 12.2 Å². The molecule has 4 aromatic rings. The fraction of sp³-hybridized carbons (Fsp3) is 0.458. The Kier molecular flexibility index (Phi) is 21.1. The third-order valence-corrected chi connectivity index (χ3v) is 14.9. The molecule has 7 rings (SSSR count). The van der Waals surface area contributed by atoms with Crippen LogP contribution in [0.25, 0.3) is 22.3 Å². The number of ether oxygens (including phenoxy) is 1. The topological polar surface area (TPSA) is 345 Å². The maximum atomic E-state index is 14.5. The first-order valence-electron chi connectivity index (χ1n) is 27.7. The highest BCUT2D eigenvalue weighted by Crippen LogP contribution is 2.28. The molecule has 0 bridgehead atoms. The van der Waals surface area contributed by atoms with Gasteiger partial charge in [0.2, 0.25) is 35.4 Å². The Morgan fingerprint density at radius 1 is 0.728 bits per heavy atom. The van der Waals surface area contributed by atoms with Gasteiger partial charge >= 0.3 is 0 Å². The standard InChI is InChI=1S/C59H75N9O13/c1-4-5-6-26-81-43-21-19-39(20-22-43)37-13-11-36(12-14-37)38-15-17-40(18-16-38)53(74)63-45-8-7-25-62-56(77)47-28-41(61)31-67(47)58(79)51(33(2)69)66-55(76)46(23-9-35-10-24-49(72)44(27-35)50(73)30-60)64-57(78)48-29-42(71)32-68(48)59(80)52(34(3)70)65-54(45)75/h10-22,24,27,33-34,41-42,45-48,51-52,69-72H,4-9,23,25-26,28-32,60-61H2,1-3H3,(H,62,77)(H,63,74)(H,64,78)(H,65,75)(H,66,76)/t33-,34-,41+,42-,45+,46+,47+,48+,51+,52+/m1/s1. The van der Waals surface area contributed by atoms with Gasteiger partial charge in [0.05, 0.1) is 37.0 Å². The van der Waals surface area contributed by atoms with Crippen molar-refractivity contribution in [3.8, 4) is 33.8 Å². The molecule has 3 aliphatic rings. The van der Waals surface area contributed by atoms with Crippen molar-refractivity contribution in [3.05, 3.63) is 108 Å². The first-order valence-corrected chi connectivity index (χ1v) is 27.7. The molecule has 81 heavy (non-hydrogen) atoms. The summed E-state index contributed by atoms with van der Waals surface area (Å²) in [5.41, 5.74) is 16.1. The zero-order valence-corrected chi connectivity index (χ0v) is 45.8. The third kappa shape index (κ3) is 15.6. The smallest absolute Gasteiger partial charge is 0.251 e. The van der Waals surface area contributed by atoms with Gasteiger partial charge in [0.15, 0.2) is 5.78 Å². The number of amides is 7.